The first kappa shape index (κ1) is 64.7. The summed E-state index contributed by atoms with van der Waals surface area (Å²) in [5, 5.41) is 136. The number of nitrogens with zero attached hydrogens (tertiary/aromatic N) is 15. The van der Waals surface area contributed by atoms with Crippen LogP contribution < -0.4 is 0 Å². The van der Waals surface area contributed by atoms with Crippen LogP contribution in [0.3, 0.4) is 0 Å². The maximum atomic E-state index is 14.9. The highest BCUT2D eigenvalue weighted by molar-refractivity contribution is 6.15. The van der Waals surface area contributed by atoms with Crippen LogP contribution in [0.5, 0.6) is 0 Å². The van der Waals surface area contributed by atoms with Gasteiger partial charge in [-0.25, -0.2) is 0 Å². The molecule has 0 saturated carbocycles. The van der Waals surface area contributed by atoms with Gasteiger partial charge in [0.1, 0.15) is 0 Å². The van der Waals surface area contributed by atoms with Gasteiger partial charge in [0.2, 0.25) is 0 Å². The molecule has 21 heteroatoms. The van der Waals surface area contributed by atoms with Crippen LogP contribution >= 0.6 is 0 Å². The van der Waals surface area contributed by atoms with E-state index in [0.29, 0.717) is 78.0 Å². The zero-order valence-electron chi connectivity index (χ0n) is 51.7. The number of halogens is 6. The average Bonchev–Trinajstić information content (AvgIpc) is 1.56. The lowest BCUT2D eigenvalue weighted by molar-refractivity contribution is -0.143. The molecule has 0 atom stereocenters. The zero-order valence-corrected chi connectivity index (χ0v) is 51.7. The minimum absolute atomic E-state index is 0.00107. The molecule has 102 heavy (non-hydrogen) atoms. The Bertz CT molecular complexity index is 6130. The van der Waals surface area contributed by atoms with Gasteiger partial charge in [-0.3, -0.25) is 0 Å². The van der Waals surface area contributed by atoms with Crippen molar-refractivity contribution in [1.82, 2.24) is 9.13 Å². The third kappa shape index (κ3) is 10.7. The maximum absolute atomic E-state index is 14.9. The summed E-state index contributed by atoms with van der Waals surface area (Å²) in [7, 11) is 0. The molecule has 0 amide bonds. The van der Waals surface area contributed by atoms with Gasteiger partial charge in [0, 0.05) is 54.9 Å². The standard InChI is InChI=1S/C81H29F6N15/c82-80(83,84)62-22-53(23-63(29-62)81(85,86)87)48-2-8-71(102-74-11-5-51(78-58(39-97)17-46(33-91)18-59(78)40-98)27-68(74)69-28-52(6-12-75(69)102)79-60(41-99)19-47(34-92)20-61(79)42-100)65(24-48)64-21-43(30-88)1-7-70(64)101-72-9-3-49(76-54(35-93)13-44(31-89)14-55(76)36-94)25-66(72)67-26-50(4-10-73(67)101)77-56(37-95)15-45(32-90)16-57(77)38-96/h1-29H. The van der Waals surface area contributed by atoms with Crippen molar-refractivity contribution in [2.75, 3.05) is 0 Å². The molecule has 13 aromatic rings. The van der Waals surface area contributed by atoms with E-state index < -0.39 is 29.0 Å². The monoisotopic (exact) mass is 1330 g/mol. The molecule has 0 bridgehead atoms. The quantitative estimate of drug-likeness (QED) is 0.128. The number of aromatic nitrogens is 2. The Labute approximate surface area is 573 Å². The molecule has 15 nitrogen and oxygen atoms in total. The highest BCUT2D eigenvalue weighted by Crippen LogP contribution is 2.48. The van der Waals surface area contributed by atoms with Gasteiger partial charge in [-0.15, -0.1) is 0 Å². The second-order valence-electron chi connectivity index (χ2n) is 23.1. The Hall–Kier alpha value is -16.0. The highest BCUT2D eigenvalue weighted by atomic mass is 19.4. The molecule has 2 heterocycles. The molecular formula is C81H29F6N15. The molecule has 11 aromatic carbocycles. The van der Waals surface area contributed by atoms with E-state index in [9.17, 15) is 94.7 Å². The fourth-order valence-corrected chi connectivity index (χ4v) is 13.2. The Morgan fingerprint density at radius 2 is 0.480 bits per heavy atom. The van der Waals surface area contributed by atoms with Gasteiger partial charge in [0.15, 0.2) is 0 Å². The van der Waals surface area contributed by atoms with E-state index in [4.69, 9.17) is 0 Å². The first-order valence-electron chi connectivity index (χ1n) is 29.9. The molecule has 0 saturated heterocycles. The average molecular weight is 1330 g/mol. The third-order valence-corrected chi connectivity index (χ3v) is 17.5. The third-order valence-electron chi connectivity index (χ3n) is 17.5. The summed E-state index contributed by atoms with van der Waals surface area (Å²) >= 11 is 0. The second kappa shape index (κ2) is 24.9. The van der Waals surface area contributed by atoms with Crippen molar-refractivity contribution in [3.8, 4) is 157 Å². The van der Waals surface area contributed by atoms with Crippen LogP contribution in [-0.4, -0.2) is 9.13 Å². The summed E-state index contributed by atoms with van der Waals surface area (Å²) < 4.78 is 92.8. The minimum Gasteiger partial charge on any atom is -0.309 e. The molecule has 0 spiro atoms. The van der Waals surface area contributed by atoms with Gasteiger partial charge in [-0.05, 0) is 179 Å². The van der Waals surface area contributed by atoms with E-state index in [1.807, 2.05) is 24.3 Å². The summed E-state index contributed by atoms with van der Waals surface area (Å²) in [5.41, 5.74) is -0.513. The Morgan fingerprint density at radius 3 is 0.735 bits per heavy atom. The fraction of sp³-hybridized carbons (Fsp3) is 0.0247. The van der Waals surface area contributed by atoms with Crippen LogP contribution in [0.4, 0.5) is 26.3 Å². The lowest BCUT2D eigenvalue weighted by Crippen LogP contribution is -2.11. The van der Waals surface area contributed by atoms with Crippen molar-refractivity contribution in [3.05, 3.63) is 259 Å². The molecular weight excluding hydrogens is 1300 g/mol. The first-order chi connectivity index (χ1) is 49.2. The van der Waals surface area contributed by atoms with Gasteiger partial charge in [0.25, 0.3) is 0 Å². The van der Waals surface area contributed by atoms with Crippen molar-refractivity contribution in [2.45, 2.75) is 12.4 Å². The number of alkyl halides is 6. The molecule has 13 rings (SSSR count). The van der Waals surface area contributed by atoms with Crippen LogP contribution in [-0.2, 0) is 12.4 Å². The molecule has 0 unspecified atom stereocenters. The number of rotatable bonds is 8. The number of benzene rings is 11. The van der Waals surface area contributed by atoms with Crippen LogP contribution in [0.1, 0.15) is 83.5 Å². The van der Waals surface area contributed by atoms with Crippen molar-refractivity contribution < 1.29 is 26.3 Å². The molecule has 0 aliphatic heterocycles. The number of hydrogen-bond acceptors (Lipinski definition) is 13. The molecule has 0 fully saturated rings. The van der Waals surface area contributed by atoms with E-state index in [2.05, 4.69) is 54.6 Å². The van der Waals surface area contributed by atoms with E-state index in [1.165, 1.54) is 78.9 Å². The largest absolute Gasteiger partial charge is 0.416 e. The summed E-state index contributed by atoms with van der Waals surface area (Å²) in [6.07, 6.45) is -10.6. The molecule has 470 valence electrons. The molecule has 0 aliphatic rings. The van der Waals surface area contributed by atoms with Gasteiger partial charge < -0.3 is 9.13 Å². The van der Waals surface area contributed by atoms with Crippen LogP contribution in [0.2, 0.25) is 0 Å². The number of hydrogen-bond donors (Lipinski definition) is 0. The normalized spacial score (nSPS) is 10.9. The van der Waals surface area contributed by atoms with Gasteiger partial charge >= 0.3 is 12.4 Å². The summed E-state index contributed by atoms with van der Waals surface area (Å²) in [6.45, 7) is 0. The van der Waals surface area contributed by atoms with Crippen molar-refractivity contribution in [2.24, 2.45) is 0 Å². The lowest BCUT2D eigenvalue weighted by Gasteiger charge is -2.21. The Morgan fingerprint density at radius 1 is 0.225 bits per heavy atom. The Balaban J connectivity index is 1.18. The molecule has 0 radical (unpaired) electrons. The van der Waals surface area contributed by atoms with Gasteiger partial charge in [0.05, 0.1) is 196 Å². The van der Waals surface area contributed by atoms with Gasteiger partial charge in [-0.2, -0.15) is 94.7 Å². The molecule has 0 aliphatic carbocycles. The highest BCUT2D eigenvalue weighted by Gasteiger charge is 2.38. The van der Waals surface area contributed by atoms with Crippen molar-refractivity contribution in [3.63, 3.8) is 0 Å². The summed E-state index contributed by atoms with van der Waals surface area (Å²) in [4.78, 5) is 0. The van der Waals surface area contributed by atoms with E-state index in [1.54, 1.807) is 88.0 Å². The second-order valence-corrected chi connectivity index (χ2v) is 23.1. The number of nitriles is 13. The Kier molecular flexibility index (Phi) is 15.8. The smallest absolute Gasteiger partial charge is 0.309 e. The van der Waals surface area contributed by atoms with Crippen LogP contribution in [0.15, 0.2) is 176 Å². The van der Waals surface area contributed by atoms with Crippen LogP contribution in [0.25, 0.3) is 122 Å². The molecule has 2 aromatic heterocycles. The minimum atomic E-state index is -5.29. The maximum Gasteiger partial charge on any atom is 0.416 e. The predicted octanol–water partition coefficient (Wildman–Crippen LogP) is 18.3. The molecule has 0 N–H and O–H groups in total. The van der Waals surface area contributed by atoms with Crippen molar-refractivity contribution >= 4 is 43.6 Å². The lowest BCUT2D eigenvalue weighted by atomic mass is 9.91. The van der Waals surface area contributed by atoms with E-state index in [0.717, 1.165) is 0 Å². The van der Waals surface area contributed by atoms with E-state index in [-0.39, 0.29) is 129 Å². The van der Waals surface area contributed by atoms with Crippen molar-refractivity contribution in [1.29, 1.82) is 68.4 Å². The zero-order chi connectivity index (χ0) is 72.2. The van der Waals surface area contributed by atoms with E-state index >= 15 is 0 Å². The van der Waals surface area contributed by atoms with Gasteiger partial charge in [-0.1, -0.05) is 30.3 Å². The summed E-state index contributed by atoms with van der Waals surface area (Å²) in [6, 6.07) is 66.7. The number of fused-ring (bicyclic) bond motifs is 6. The fourth-order valence-electron chi connectivity index (χ4n) is 13.2. The topological polar surface area (TPSA) is 319 Å². The first-order valence-corrected chi connectivity index (χ1v) is 29.9. The van der Waals surface area contributed by atoms with Crippen LogP contribution in [0, 0.1) is 147 Å². The SMILES string of the molecule is N#Cc1cc(C#N)c(-c2ccc3c(c2)c2cc(-c4c(C#N)cc(C#N)cc4C#N)ccc2n3-c2ccc(C#N)cc2-c2cc(-c3cc(C(F)(F)F)cc(C(F)(F)F)c3)ccc2-n2c3ccc(-c4c(C#N)cc(C#N)cc4C#N)cc3c3cc(-c4c(C#N)cc(C#N)cc4C#N)ccc32)c(C#N)c1. The summed E-state index contributed by atoms with van der Waals surface area (Å²) in [5.74, 6) is 0. The predicted molar refractivity (Wildman–Crippen MR) is 359 cm³/mol.